The molecule has 76 valence electrons. The number of rotatable bonds is 3. The first-order valence-corrected chi connectivity index (χ1v) is 4.87. The van der Waals surface area contributed by atoms with E-state index in [4.69, 9.17) is 14.6 Å². The Morgan fingerprint density at radius 1 is 1.23 bits per heavy atom. The second kappa shape index (κ2) is 3.92. The molecule has 2 rings (SSSR count). The van der Waals surface area contributed by atoms with Gasteiger partial charge in [0.25, 0.3) is 0 Å². The van der Waals surface area contributed by atoms with Gasteiger partial charge in [0.15, 0.2) is 0 Å². The number of aliphatic hydroxyl groups is 2. The Morgan fingerprint density at radius 3 is 2.69 bits per heavy atom. The highest BCUT2D eigenvalue weighted by Crippen LogP contribution is 2.29. The molecule has 2 aliphatic heterocycles. The topological polar surface area (TPSA) is 62.2 Å². The number of aliphatic hydroxyl groups excluding tert-OH is 2. The van der Waals surface area contributed by atoms with Gasteiger partial charge in [-0.1, -0.05) is 0 Å². The lowest BCUT2D eigenvalue weighted by Crippen LogP contribution is -2.35. The van der Waals surface area contributed by atoms with E-state index in [0.29, 0.717) is 6.42 Å². The maximum absolute atomic E-state index is 9.56. The molecule has 0 saturated carbocycles. The summed E-state index contributed by atoms with van der Waals surface area (Å²) in [7, 11) is 0. The first-order chi connectivity index (χ1) is 6.31. The minimum absolute atomic E-state index is 0.0160. The second-order valence-electron chi connectivity index (χ2n) is 3.75. The van der Waals surface area contributed by atoms with E-state index in [2.05, 4.69) is 0 Å². The zero-order valence-electron chi connectivity index (χ0n) is 7.56. The van der Waals surface area contributed by atoms with Crippen LogP contribution >= 0.6 is 0 Å². The maximum atomic E-state index is 9.56. The molecule has 13 heavy (non-hydrogen) atoms. The Balaban J connectivity index is 1.74. The predicted octanol–water partition coefficient (Wildman–Crippen LogP) is -0.324. The van der Waals surface area contributed by atoms with Crippen LogP contribution in [-0.2, 0) is 9.47 Å². The third-order valence-corrected chi connectivity index (χ3v) is 2.74. The fraction of sp³-hybridized carbons (Fsp3) is 1.00. The average Bonchev–Trinajstić information content (AvgIpc) is 2.88. The summed E-state index contributed by atoms with van der Waals surface area (Å²) in [6.07, 6.45) is 2.12. The molecule has 2 fully saturated rings. The van der Waals surface area contributed by atoms with E-state index >= 15 is 0 Å². The highest BCUT2D eigenvalue weighted by atomic mass is 16.6. The van der Waals surface area contributed by atoms with Gasteiger partial charge in [-0.3, -0.25) is 0 Å². The van der Waals surface area contributed by atoms with E-state index in [9.17, 15) is 5.11 Å². The van der Waals surface area contributed by atoms with E-state index in [-0.39, 0.29) is 31.0 Å². The van der Waals surface area contributed by atoms with E-state index < -0.39 is 0 Å². The van der Waals surface area contributed by atoms with Gasteiger partial charge < -0.3 is 19.7 Å². The molecule has 4 nitrogen and oxygen atoms in total. The maximum Gasteiger partial charge on any atom is 0.107 e. The molecule has 4 atom stereocenters. The third-order valence-electron chi connectivity index (χ3n) is 2.74. The first kappa shape index (κ1) is 9.40. The summed E-state index contributed by atoms with van der Waals surface area (Å²) in [5, 5.41) is 18.3. The molecule has 0 aliphatic carbocycles. The van der Waals surface area contributed by atoms with Crippen LogP contribution in [0.15, 0.2) is 0 Å². The highest BCUT2D eigenvalue weighted by Gasteiger charge is 2.41. The van der Waals surface area contributed by atoms with Crippen LogP contribution in [0.5, 0.6) is 0 Å². The summed E-state index contributed by atoms with van der Waals surface area (Å²) in [5.41, 5.74) is 0. The van der Waals surface area contributed by atoms with Crippen LogP contribution in [0.25, 0.3) is 0 Å². The fourth-order valence-corrected chi connectivity index (χ4v) is 1.83. The SMILES string of the molecule is OC[C@@H]1O[C@H]1C[C@H]1OCCC[C@H]1O. The number of epoxide rings is 1. The van der Waals surface area contributed by atoms with Crippen molar-refractivity contribution in [3.63, 3.8) is 0 Å². The summed E-state index contributed by atoms with van der Waals surface area (Å²) < 4.78 is 10.6. The van der Waals surface area contributed by atoms with Crippen LogP contribution in [0.2, 0.25) is 0 Å². The summed E-state index contributed by atoms with van der Waals surface area (Å²) in [4.78, 5) is 0. The molecule has 0 radical (unpaired) electrons. The first-order valence-electron chi connectivity index (χ1n) is 4.87. The van der Waals surface area contributed by atoms with Gasteiger partial charge >= 0.3 is 0 Å². The van der Waals surface area contributed by atoms with Crippen LogP contribution in [0.4, 0.5) is 0 Å². The van der Waals surface area contributed by atoms with Crippen molar-refractivity contribution in [2.75, 3.05) is 13.2 Å². The quantitative estimate of drug-likeness (QED) is 0.596. The Labute approximate surface area is 77.5 Å². The van der Waals surface area contributed by atoms with E-state index in [1.807, 2.05) is 0 Å². The Bertz CT molecular complexity index is 173. The van der Waals surface area contributed by atoms with Crippen molar-refractivity contribution in [3.8, 4) is 0 Å². The van der Waals surface area contributed by atoms with Gasteiger partial charge in [0.1, 0.15) is 6.10 Å². The number of hydrogen-bond donors (Lipinski definition) is 2. The molecule has 0 amide bonds. The molecular weight excluding hydrogens is 172 g/mol. The lowest BCUT2D eigenvalue weighted by molar-refractivity contribution is -0.0791. The summed E-state index contributed by atoms with van der Waals surface area (Å²) >= 11 is 0. The number of hydrogen-bond acceptors (Lipinski definition) is 4. The lowest BCUT2D eigenvalue weighted by Gasteiger charge is -2.27. The Kier molecular flexibility index (Phi) is 2.83. The minimum atomic E-state index is -0.350. The second-order valence-corrected chi connectivity index (χ2v) is 3.75. The van der Waals surface area contributed by atoms with Crippen molar-refractivity contribution in [1.29, 1.82) is 0 Å². The molecule has 2 N–H and O–H groups in total. The van der Waals surface area contributed by atoms with Crippen LogP contribution in [0, 0.1) is 0 Å². The summed E-state index contributed by atoms with van der Waals surface area (Å²) in [6.45, 7) is 0.811. The molecule has 4 heteroatoms. The Morgan fingerprint density at radius 2 is 2.08 bits per heavy atom. The molecule has 0 aromatic heterocycles. The molecule has 0 bridgehead atoms. The molecule has 0 unspecified atom stereocenters. The fourth-order valence-electron chi connectivity index (χ4n) is 1.83. The van der Waals surface area contributed by atoms with Crippen molar-refractivity contribution in [2.24, 2.45) is 0 Å². The monoisotopic (exact) mass is 188 g/mol. The van der Waals surface area contributed by atoms with Crippen LogP contribution < -0.4 is 0 Å². The minimum Gasteiger partial charge on any atom is -0.394 e. The molecular formula is C9H16O4. The highest BCUT2D eigenvalue weighted by molar-refractivity contribution is 4.89. The van der Waals surface area contributed by atoms with Gasteiger partial charge in [-0.2, -0.15) is 0 Å². The molecule has 2 aliphatic rings. The zero-order valence-corrected chi connectivity index (χ0v) is 7.56. The van der Waals surface area contributed by atoms with Gasteiger partial charge in [0.2, 0.25) is 0 Å². The largest absolute Gasteiger partial charge is 0.394 e. The van der Waals surface area contributed by atoms with Crippen molar-refractivity contribution >= 4 is 0 Å². The van der Waals surface area contributed by atoms with Gasteiger partial charge in [0.05, 0.1) is 24.9 Å². The van der Waals surface area contributed by atoms with Crippen LogP contribution in [0.1, 0.15) is 19.3 Å². The van der Waals surface area contributed by atoms with Gasteiger partial charge in [0, 0.05) is 13.0 Å². The predicted molar refractivity (Wildman–Crippen MR) is 45.3 cm³/mol. The average molecular weight is 188 g/mol. The standard InChI is InChI=1S/C9H16O4/c10-5-9-8(13-9)4-7-6(11)2-1-3-12-7/h6-11H,1-5H2/t6-,7-,8+,9+/m1/s1. The van der Waals surface area contributed by atoms with Gasteiger partial charge in [-0.15, -0.1) is 0 Å². The van der Waals surface area contributed by atoms with Gasteiger partial charge in [-0.25, -0.2) is 0 Å². The molecule has 2 heterocycles. The van der Waals surface area contributed by atoms with Crippen molar-refractivity contribution in [3.05, 3.63) is 0 Å². The molecule has 2 saturated heterocycles. The lowest BCUT2D eigenvalue weighted by atomic mass is 10.0. The van der Waals surface area contributed by atoms with Crippen molar-refractivity contribution < 1.29 is 19.7 Å². The van der Waals surface area contributed by atoms with Crippen LogP contribution in [0.3, 0.4) is 0 Å². The number of ether oxygens (including phenoxy) is 2. The summed E-state index contributed by atoms with van der Waals surface area (Å²) in [5.74, 6) is 0. The van der Waals surface area contributed by atoms with E-state index in [1.165, 1.54) is 0 Å². The molecule has 0 aromatic carbocycles. The smallest absolute Gasteiger partial charge is 0.107 e. The van der Waals surface area contributed by atoms with Crippen LogP contribution in [-0.4, -0.2) is 47.8 Å². The van der Waals surface area contributed by atoms with E-state index in [0.717, 1.165) is 19.4 Å². The van der Waals surface area contributed by atoms with Crippen molar-refractivity contribution in [2.45, 2.75) is 43.7 Å². The molecule has 0 aromatic rings. The zero-order chi connectivity index (χ0) is 9.26. The Hall–Kier alpha value is -0.160. The van der Waals surface area contributed by atoms with Gasteiger partial charge in [-0.05, 0) is 12.8 Å². The third kappa shape index (κ3) is 2.20. The summed E-state index contributed by atoms with van der Waals surface area (Å²) in [6, 6.07) is 0. The normalized spacial score (nSPS) is 44.8. The van der Waals surface area contributed by atoms with E-state index in [1.54, 1.807) is 0 Å². The van der Waals surface area contributed by atoms with Crippen molar-refractivity contribution in [1.82, 2.24) is 0 Å². The molecule has 0 spiro atoms.